The fourth-order valence-corrected chi connectivity index (χ4v) is 4.90. The van der Waals surface area contributed by atoms with Crippen molar-refractivity contribution in [1.29, 1.82) is 0 Å². The van der Waals surface area contributed by atoms with Crippen LogP contribution in [0.2, 0.25) is 0 Å². The minimum absolute atomic E-state index is 0.594. The quantitative estimate of drug-likeness (QED) is 0.362. The van der Waals surface area contributed by atoms with E-state index in [4.69, 9.17) is 4.74 Å². The van der Waals surface area contributed by atoms with Crippen molar-refractivity contribution in [3.05, 3.63) is 113 Å². The molecule has 0 saturated carbocycles. The van der Waals surface area contributed by atoms with Gasteiger partial charge in [-0.15, -0.1) is 0 Å². The Morgan fingerprint density at radius 2 is 1.11 bits per heavy atom. The first-order valence-corrected chi connectivity index (χ1v) is 9.38. The largest absolute Gasteiger partial charge is 0.472 e. The van der Waals surface area contributed by atoms with Crippen molar-refractivity contribution in [2.45, 2.75) is 12.5 Å². The molecule has 4 aromatic rings. The Kier molecular flexibility index (Phi) is 2.80. The third-order valence-electron chi connectivity index (χ3n) is 5.97. The van der Waals surface area contributed by atoms with Gasteiger partial charge < -0.3 is 4.74 Å². The van der Waals surface area contributed by atoms with Gasteiger partial charge in [0.05, 0.1) is 0 Å². The Balaban J connectivity index is 1.81. The Bertz CT molecular complexity index is 1170. The van der Waals surface area contributed by atoms with E-state index >= 15 is 0 Å². The minimum atomic E-state index is -0.594. The van der Waals surface area contributed by atoms with Crippen LogP contribution >= 0.6 is 0 Å². The number of benzene rings is 4. The summed E-state index contributed by atoms with van der Waals surface area (Å²) in [5.41, 5.74) is 9.38. The Morgan fingerprint density at radius 1 is 0.556 bits per heavy atom. The maximum Gasteiger partial charge on any atom is 0.186 e. The van der Waals surface area contributed by atoms with Crippen molar-refractivity contribution in [2.75, 3.05) is 0 Å². The van der Waals surface area contributed by atoms with Crippen LogP contribution in [0.1, 0.15) is 22.3 Å². The summed E-state index contributed by atoms with van der Waals surface area (Å²) in [4.78, 5) is 0. The molecule has 0 aromatic heterocycles. The summed E-state index contributed by atoms with van der Waals surface area (Å²) in [5.74, 6) is 0.950. The minimum Gasteiger partial charge on any atom is -0.472 e. The van der Waals surface area contributed by atoms with Gasteiger partial charge in [-0.25, -0.2) is 0 Å². The van der Waals surface area contributed by atoms with Crippen LogP contribution in [-0.4, -0.2) is 0 Å². The van der Waals surface area contributed by atoms with Crippen LogP contribution in [0.15, 0.2) is 91.0 Å². The van der Waals surface area contributed by atoms with E-state index in [1.165, 1.54) is 44.5 Å². The van der Waals surface area contributed by atoms with Gasteiger partial charge in [0.25, 0.3) is 0 Å². The molecule has 1 heteroatoms. The molecule has 1 nitrogen and oxygen atoms in total. The molecule has 0 amide bonds. The highest BCUT2D eigenvalue weighted by Gasteiger charge is 2.50. The number of hydrogen-bond donors (Lipinski definition) is 0. The van der Waals surface area contributed by atoms with Crippen LogP contribution < -0.4 is 4.74 Å². The van der Waals surface area contributed by atoms with Crippen molar-refractivity contribution >= 4 is 0 Å². The lowest BCUT2D eigenvalue weighted by Crippen LogP contribution is -2.37. The molecule has 4 aromatic carbocycles. The molecule has 2 aliphatic rings. The third kappa shape index (κ3) is 1.74. The average molecular weight is 346 g/mol. The van der Waals surface area contributed by atoms with Crippen LogP contribution in [0.5, 0.6) is 5.75 Å². The van der Waals surface area contributed by atoms with Gasteiger partial charge in [-0.2, -0.15) is 0 Å². The lowest BCUT2D eigenvalue weighted by atomic mass is 9.76. The summed E-state index contributed by atoms with van der Waals surface area (Å²) < 4.78 is 6.91. The Hall–Kier alpha value is -3.32. The molecule has 1 aliphatic heterocycles. The number of para-hydroxylation sites is 1. The van der Waals surface area contributed by atoms with E-state index in [1.54, 1.807) is 0 Å². The second kappa shape index (κ2) is 5.11. The van der Waals surface area contributed by atoms with E-state index in [0.29, 0.717) is 0 Å². The van der Waals surface area contributed by atoms with E-state index in [9.17, 15) is 0 Å². The van der Waals surface area contributed by atoms with E-state index in [1.807, 2.05) is 0 Å². The standard InChI is InChI=1S/C26H18O/c1-17-9-8-15-23-25(17)20-12-4-7-16-24(20)27-26(23)21-13-5-2-10-18(21)19-11-3-6-14-22(19)26/h2-16H,1H3. The van der Waals surface area contributed by atoms with Crippen LogP contribution in [0.3, 0.4) is 0 Å². The van der Waals surface area contributed by atoms with E-state index in [-0.39, 0.29) is 0 Å². The Labute approximate surface area is 158 Å². The molecule has 0 bridgehead atoms. The number of hydrogen-bond acceptors (Lipinski definition) is 1. The predicted octanol–water partition coefficient (Wildman–Crippen LogP) is 6.33. The van der Waals surface area contributed by atoms with Crippen molar-refractivity contribution < 1.29 is 4.74 Å². The highest BCUT2D eigenvalue weighted by molar-refractivity contribution is 5.88. The van der Waals surface area contributed by atoms with Gasteiger partial charge in [0.15, 0.2) is 5.60 Å². The first-order valence-electron chi connectivity index (χ1n) is 9.38. The van der Waals surface area contributed by atoms with Gasteiger partial charge in [-0.1, -0.05) is 84.9 Å². The summed E-state index contributed by atoms with van der Waals surface area (Å²) in [6.45, 7) is 2.20. The lowest BCUT2D eigenvalue weighted by Gasteiger charge is -2.40. The van der Waals surface area contributed by atoms with Crippen molar-refractivity contribution in [1.82, 2.24) is 0 Å². The van der Waals surface area contributed by atoms with Gasteiger partial charge in [-0.3, -0.25) is 0 Å². The highest BCUT2D eigenvalue weighted by atomic mass is 16.5. The van der Waals surface area contributed by atoms with Gasteiger partial charge in [-0.05, 0) is 35.2 Å². The van der Waals surface area contributed by atoms with Crippen molar-refractivity contribution in [3.63, 3.8) is 0 Å². The molecule has 0 unspecified atom stereocenters. The zero-order chi connectivity index (χ0) is 18.0. The van der Waals surface area contributed by atoms with Crippen molar-refractivity contribution in [3.8, 4) is 28.0 Å². The monoisotopic (exact) mass is 346 g/mol. The maximum atomic E-state index is 6.91. The van der Waals surface area contributed by atoms with E-state index < -0.39 is 5.60 Å². The number of rotatable bonds is 0. The topological polar surface area (TPSA) is 9.23 Å². The predicted molar refractivity (Wildman–Crippen MR) is 109 cm³/mol. The summed E-state index contributed by atoms with van der Waals surface area (Å²) >= 11 is 0. The molecule has 0 saturated heterocycles. The maximum absolute atomic E-state index is 6.91. The molecule has 6 rings (SSSR count). The first-order chi connectivity index (χ1) is 13.3. The lowest BCUT2D eigenvalue weighted by molar-refractivity contribution is 0.157. The molecular weight excluding hydrogens is 328 g/mol. The number of fused-ring (bicyclic) bond motifs is 9. The summed E-state index contributed by atoms with van der Waals surface area (Å²) in [5, 5.41) is 0. The summed E-state index contributed by atoms with van der Waals surface area (Å²) in [7, 11) is 0. The second-order valence-corrected chi connectivity index (χ2v) is 7.37. The summed E-state index contributed by atoms with van der Waals surface area (Å²) in [6, 6.07) is 32.3. The molecule has 0 atom stereocenters. The Morgan fingerprint density at radius 3 is 1.81 bits per heavy atom. The molecule has 0 N–H and O–H groups in total. The summed E-state index contributed by atoms with van der Waals surface area (Å²) in [6.07, 6.45) is 0. The number of aryl methyl sites for hydroxylation is 1. The molecule has 1 aliphatic carbocycles. The number of ether oxygens (including phenoxy) is 1. The van der Waals surface area contributed by atoms with Crippen LogP contribution in [0.4, 0.5) is 0 Å². The van der Waals surface area contributed by atoms with Crippen LogP contribution in [0.25, 0.3) is 22.3 Å². The zero-order valence-corrected chi connectivity index (χ0v) is 15.1. The smallest absolute Gasteiger partial charge is 0.186 e. The zero-order valence-electron chi connectivity index (χ0n) is 15.1. The molecule has 1 spiro atoms. The normalized spacial score (nSPS) is 14.7. The van der Waals surface area contributed by atoms with Crippen molar-refractivity contribution in [2.24, 2.45) is 0 Å². The molecule has 128 valence electrons. The van der Waals surface area contributed by atoms with E-state index in [0.717, 1.165) is 5.75 Å². The molecular formula is C26H18O. The van der Waals surface area contributed by atoms with Crippen LogP contribution in [-0.2, 0) is 5.60 Å². The molecule has 0 fully saturated rings. The van der Waals surface area contributed by atoms with Gasteiger partial charge >= 0.3 is 0 Å². The molecule has 0 radical (unpaired) electrons. The molecule has 1 heterocycles. The van der Waals surface area contributed by atoms with E-state index in [2.05, 4.69) is 97.9 Å². The molecule has 27 heavy (non-hydrogen) atoms. The van der Waals surface area contributed by atoms with Crippen LogP contribution in [0, 0.1) is 6.92 Å². The highest BCUT2D eigenvalue weighted by Crippen LogP contribution is 2.58. The van der Waals surface area contributed by atoms with Gasteiger partial charge in [0, 0.05) is 22.3 Å². The first kappa shape index (κ1) is 14.8. The third-order valence-corrected chi connectivity index (χ3v) is 5.97. The van der Waals surface area contributed by atoms with Gasteiger partial charge in [0.2, 0.25) is 0 Å². The van der Waals surface area contributed by atoms with Gasteiger partial charge in [0.1, 0.15) is 5.75 Å². The fourth-order valence-electron chi connectivity index (χ4n) is 4.90. The SMILES string of the molecule is Cc1cccc2c1-c1ccccc1OC21c2ccccc2-c2ccccc21. The fraction of sp³-hybridized carbons (Fsp3) is 0.0769. The average Bonchev–Trinajstić information content (AvgIpc) is 3.00. The second-order valence-electron chi connectivity index (χ2n) is 7.37.